The molecular weight excluding hydrogens is 180 g/mol. The van der Waals surface area contributed by atoms with Crippen molar-refractivity contribution in [3.8, 4) is 0 Å². The van der Waals surface area contributed by atoms with Crippen LogP contribution < -0.4 is 11.1 Å². The summed E-state index contributed by atoms with van der Waals surface area (Å²) < 4.78 is 4.83. The third-order valence-corrected chi connectivity index (χ3v) is 1.83. The van der Waals surface area contributed by atoms with Crippen LogP contribution in [0.1, 0.15) is 11.6 Å². The Morgan fingerprint density at radius 3 is 2.71 bits per heavy atom. The molecule has 0 heterocycles. The first-order valence-corrected chi connectivity index (χ1v) is 4.39. The predicted octanol–water partition coefficient (Wildman–Crippen LogP) is 1.04. The molecule has 0 bridgehead atoms. The molecule has 0 fully saturated rings. The van der Waals surface area contributed by atoms with Gasteiger partial charge in [-0.1, -0.05) is 30.3 Å². The fourth-order valence-corrected chi connectivity index (χ4v) is 1.03. The molecule has 4 nitrogen and oxygen atoms in total. The largest absolute Gasteiger partial charge is 0.448 e. The van der Waals surface area contributed by atoms with Gasteiger partial charge < -0.3 is 15.8 Å². The minimum Gasteiger partial charge on any atom is -0.448 e. The van der Waals surface area contributed by atoms with E-state index in [1.54, 1.807) is 0 Å². The summed E-state index contributed by atoms with van der Waals surface area (Å²) in [6.07, 6.45) is -0.462. The zero-order valence-electron chi connectivity index (χ0n) is 8.07. The van der Waals surface area contributed by atoms with Gasteiger partial charge in [0.25, 0.3) is 0 Å². The number of nitrogens with two attached hydrogens (primary N) is 1. The van der Waals surface area contributed by atoms with Gasteiger partial charge in [-0.2, -0.15) is 0 Å². The van der Waals surface area contributed by atoms with Crippen LogP contribution in [0.3, 0.4) is 0 Å². The van der Waals surface area contributed by atoms with Crippen molar-refractivity contribution in [3.05, 3.63) is 35.9 Å². The van der Waals surface area contributed by atoms with Gasteiger partial charge in [0.15, 0.2) is 0 Å². The average molecular weight is 194 g/mol. The van der Waals surface area contributed by atoms with Crippen LogP contribution in [0.15, 0.2) is 30.3 Å². The van der Waals surface area contributed by atoms with Crippen molar-refractivity contribution in [2.75, 3.05) is 13.7 Å². The standard InChI is InChI=1S/C10H14N2O2/c1-12-10(13)14-7-9(11)8-5-3-2-4-6-8/h2-6,9H,7,11H2,1H3,(H,12,13). The van der Waals surface area contributed by atoms with Gasteiger partial charge in [-0.05, 0) is 5.56 Å². The second-order valence-electron chi connectivity index (χ2n) is 2.87. The highest BCUT2D eigenvalue weighted by molar-refractivity contribution is 5.66. The maximum atomic E-state index is 10.8. The molecule has 0 radical (unpaired) electrons. The Kier molecular flexibility index (Phi) is 3.94. The molecule has 1 atom stereocenters. The monoisotopic (exact) mass is 194 g/mol. The van der Waals surface area contributed by atoms with E-state index in [0.717, 1.165) is 5.56 Å². The summed E-state index contributed by atoms with van der Waals surface area (Å²) in [5.74, 6) is 0. The van der Waals surface area contributed by atoms with Crippen molar-refractivity contribution < 1.29 is 9.53 Å². The minimum absolute atomic E-state index is 0.184. The number of hydrogen-bond donors (Lipinski definition) is 2. The molecule has 0 aliphatic heterocycles. The Labute approximate surface area is 83.1 Å². The Hall–Kier alpha value is -1.55. The Balaban J connectivity index is 2.43. The van der Waals surface area contributed by atoms with Gasteiger partial charge in [-0.25, -0.2) is 4.79 Å². The molecule has 1 aromatic carbocycles. The fourth-order valence-electron chi connectivity index (χ4n) is 1.03. The van der Waals surface area contributed by atoms with E-state index < -0.39 is 6.09 Å². The van der Waals surface area contributed by atoms with Crippen LogP contribution >= 0.6 is 0 Å². The molecule has 0 aliphatic carbocycles. The molecule has 1 amide bonds. The zero-order valence-corrected chi connectivity index (χ0v) is 8.07. The number of alkyl carbamates (subject to hydrolysis) is 1. The summed E-state index contributed by atoms with van der Waals surface area (Å²) in [5.41, 5.74) is 6.75. The molecule has 1 unspecified atom stereocenters. The van der Waals surface area contributed by atoms with E-state index in [1.807, 2.05) is 30.3 Å². The highest BCUT2D eigenvalue weighted by Gasteiger charge is 2.07. The molecule has 0 aromatic heterocycles. The first-order valence-electron chi connectivity index (χ1n) is 4.39. The summed E-state index contributed by atoms with van der Waals surface area (Å²) in [7, 11) is 1.51. The molecule has 76 valence electrons. The van der Waals surface area contributed by atoms with E-state index in [2.05, 4.69) is 5.32 Å². The zero-order chi connectivity index (χ0) is 10.4. The Bertz CT molecular complexity index is 287. The number of benzene rings is 1. The number of rotatable bonds is 3. The SMILES string of the molecule is CNC(=O)OCC(N)c1ccccc1. The molecule has 3 N–H and O–H groups in total. The highest BCUT2D eigenvalue weighted by atomic mass is 16.5. The molecule has 4 heteroatoms. The Morgan fingerprint density at radius 2 is 2.14 bits per heavy atom. The van der Waals surface area contributed by atoms with E-state index in [0.29, 0.717) is 0 Å². The summed E-state index contributed by atoms with van der Waals surface area (Å²) >= 11 is 0. The molecular formula is C10H14N2O2. The van der Waals surface area contributed by atoms with Crippen molar-refractivity contribution in [1.82, 2.24) is 5.32 Å². The molecule has 0 saturated heterocycles. The van der Waals surface area contributed by atoms with Crippen LogP contribution in [-0.2, 0) is 4.74 Å². The molecule has 0 aliphatic rings. The van der Waals surface area contributed by atoms with Gasteiger partial charge in [0.1, 0.15) is 6.61 Å². The fraction of sp³-hybridized carbons (Fsp3) is 0.300. The maximum absolute atomic E-state index is 10.8. The summed E-state index contributed by atoms with van der Waals surface area (Å²) in [6, 6.07) is 9.24. The lowest BCUT2D eigenvalue weighted by atomic mass is 10.1. The molecule has 1 aromatic rings. The molecule has 0 spiro atoms. The van der Waals surface area contributed by atoms with Crippen LogP contribution in [-0.4, -0.2) is 19.7 Å². The van der Waals surface area contributed by atoms with Crippen LogP contribution in [0.4, 0.5) is 4.79 Å². The smallest absolute Gasteiger partial charge is 0.406 e. The van der Waals surface area contributed by atoms with Gasteiger partial charge in [0, 0.05) is 7.05 Å². The van der Waals surface area contributed by atoms with E-state index >= 15 is 0 Å². The normalized spacial score (nSPS) is 11.9. The summed E-state index contributed by atoms with van der Waals surface area (Å²) in [6.45, 7) is 0.184. The summed E-state index contributed by atoms with van der Waals surface area (Å²) in [4.78, 5) is 10.8. The number of ether oxygens (including phenoxy) is 1. The van der Waals surface area contributed by atoms with E-state index in [9.17, 15) is 4.79 Å². The number of carbonyl (C=O) groups is 1. The second kappa shape index (κ2) is 5.24. The van der Waals surface area contributed by atoms with Crippen molar-refractivity contribution in [1.29, 1.82) is 0 Å². The Morgan fingerprint density at radius 1 is 1.50 bits per heavy atom. The number of hydrogen-bond acceptors (Lipinski definition) is 3. The van der Waals surface area contributed by atoms with Crippen LogP contribution in [0.2, 0.25) is 0 Å². The van der Waals surface area contributed by atoms with E-state index in [-0.39, 0.29) is 12.6 Å². The first kappa shape index (κ1) is 10.5. The quantitative estimate of drug-likeness (QED) is 0.755. The molecule has 0 saturated carbocycles. The first-order chi connectivity index (χ1) is 6.74. The van der Waals surface area contributed by atoms with Crippen molar-refractivity contribution in [3.63, 3.8) is 0 Å². The minimum atomic E-state index is -0.462. The van der Waals surface area contributed by atoms with Gasteiger partial charge >= 0.3 is 6.09 Å². The van der Waals surface area contributed by atoms with Crippen LogP contribution in [0.5, 0.6) is 0 Å². The van der Waals surface area contributed by atoms with Crippen LogP contribution in [0, 0.1) is 0 Å². The number of amides is 1. The lowest BCUT2D eigenvalue weighted by Crippen LogP contribution is -2.25. The maximum Gasteiger partial charge on any atom is 0.406 e. The third kappa shape index (κ3) is 3.06. The topological polar surface area (TPSA) is 64.3 Å². The third-order valence-electron chi connectivity index (χ3n) is 1.83. The lowest BCUT2D eigenvalue weighted by Gasteiger charge is -2.11. The highest BCUT2D eigenvalue weighted by Crippen LogP contribution is 2.09. The molecule has 14 heavy (non-hydrogen) atoms. The summed E-state index contributed by atoms with van der Waals surface area (Å²) in [5, 5.41) is 2.36. The van der Waals surface area contributed by atoms with Crippen molar-refractivity contribution in [2.24, 2.45) is 5.73 Å². The van der Waals surface area contributed by atoms with Gasteiger partial charge in [0.05, 0.1) is 6.04 Å². The van der Waals surface area contributed by atoms with E-state index in [1.165, 1.54) is 7.05 Å². The second-order valence-corrected chi connectivity index (χ2v) is 2.87. The molecule has 1 rings (SSSR count). The van der Waals surface area contributed by atoms with Crippen LogP contribution in [0.25, 0.3) is 0 Å². The average Bonchev–Trinajstić information content (AvgIpc) is 2.26. The predicted molar refractivity (Wildman–Crippen MR) is 53.8 cm³/mol. The van der Waals surface area contributed by atoms with Gasteiger partial charge in [-0.3, -0.25) is 0 Å². The van der Waals surface area contributed by atoms with Crippen molar-refractivity contribution in [2.45, 2.75) is 6.04 Å². The van der Waals surface area contributed by atoms with Crippen molar-refractivity contribution >= 4 is 6.09 Å². The lowest BCUT2D eigenvalue weighted by molar-refractivity contribution is 0.141. The van der Waals surface area contributed by atoms with Gasteiger partial charge in [0.2, 0.25) is 0 Å². The van der Waals surface area contributed by atoms with E-state index in [4.69, 9.17) is 10.5 Å². The van der Waals surface area contributed by atoms with Gasteiger partial charge in [-0.15, -0.1) is 0 Å². The number of nitrogens with one attached hydrogen (secondary N) is 1. The number of carbonyl (C=O) groups excluding carboxylic acids is 1.